The Balaban J connectivity index is 1.48. The van der Waals surface area contributed by atoms with Gasteiger partial charge in [0.05, 0.1) is 30.9 Å². The lowest BCUT2D eigenvalue weighted by atomic mass is 10.1. The van der Waals surface area contributed by atoms with Crippen molar-refractivity contribution in [1.29, 1.82) is 0 Å². The molecule has 1 aromatic carbocycles. The Morgan fingerprint density at radius 3 is 2.57 bits per heavy atom. The van der Waals surface area contributed by atoms with Crippen LogP contribution >= 0.6 is 0 Å². The lowest BCUT2D eigenvalue weighted by Gasteiger charge is -2.29. The number of nitrogens with zero attached hydrogens (tertiary/aromatic N) is 4. The Labute approximate surface area is 178 Å². The minimum atomic E-state index is -3.54. The highest BCUT2D eigenvalue weighted by Crippen LogP contribution is 2.27. The third-order valence-corrected chi connectivity index (χ3v) is 8.06. The summed E-state index contributed by atoms with van der Waals surface area (Å²) in [4.78, 5) is 2.78. The standard InChI is InChI=1S/C21H31N5O3S/c1-17-2-3-18(14-21(17)30(27,28)26-10-12-29-13-11-26)19-15-23-25(16-19)9-8-24-6-4-20(22)5-7-24/h2-3,14-16,20H,4-13,22H2,1H3. The minimum Gasteiger partial charge on any atom is -0.379 e. The van der Waals surface area contributed by atoms with E-state index in [9.17, 15) is 8.42 Å². The largest absolute Gasteiger partial charge is 0.379 e. The first-order valence-corrected chi connectivity index (χ1v) is 12.1. The first kappa shape index (κ1) is 21.5. The average molecular weight is 434 g/mol. The molecule has 3 heterocycles. The van der Waals surface area contributed by atoms with Crippen LogP contribution in [-0.2, 0) is 21.3 Å². The first-order chi connectivity index (χ1) is 14.4. The van der Waals surface area contributed by atoms with Gasteiger partial charge in [-0.25, -0.2) is 8.42 Å². The number of hydrogen-bond donors (Lipinski definition) is 1. The molecule has 2 N–H and O–H groups in total. The fraction of sp³-hybridized carbons (Fsp3) is 0.571. The number of rotatable bonds is 6. The van der Waals surface area contributed by atoms with Gasteiger partial charge in [0, 0.05) is 37.4 Å². The number of aromatic nitrogens is 2. The SMILES string of the molecule is Cc1ccc(-c2cnn(CCN3CCC(N)CC3)c2)cc1S(=O)(=O)N1CCOCC1. The van der Waals surface area contributed by atoms with E-state index in [0.29, 0.717) is 37.2 Å². The van der Waals surface area contributed by atoms with Crippen molar-refractivity contribution in [2.24, 2.45) is 5.73 Å². The van der Waals surface area contributed by atoms with Crippen molar-refractivity contribution in [1.82, 2.24) is 19.0 Å². The maximum atomic E-state index is 13.1. The van der Waals surface area contributed by atoms with Gasteiger partial charge in [0.2, 0.25) is 10.0 Å². The predicted octanol–water partition coefficient (Wildman–Crippen LogP) is 1.30. The van der Waals surface area contributed by atoms with Gasteiger partial charge >= 0.3 is 0 Å². The number of hydrogen-bond acceptors (Lipinski definition) is 6. The normalized spacial score (nSPS) is 19.9. The van der Waals surface area contributed by atoms with Crippen molar-refractivity contribution in [2.45, 2.75) is 37.2 Å². The van der Waals surface area contributed by atoms with Gasteiger partial charge in [-0.2, -0.15) is 9.40 Å². The molecular weight excluding hydrogens is 402 g/mol. The van der Waals surface area contributed by atoms with Crippen LogP contribution in [0.3, 0.4) is 0 Å². The number of aryl methyl sites for hydroxylation is 1. The van der Waals surface area contributed by atoms with Gasteiger partial charge < -0.3 is 15.4 Å². The number of benzene rings is 1. The zero-order chi connectivity index (χ0) is 21.1. The summed E-state index contributed by atoms with van der Waals surface area (Å²) in [6.07, 6.45) is 5.90. The molecule has 2 aromatic rings. The summed E-state index contributed by atoms with van der Waals surface area (Å²) in [6, 6.07) is 5.94. The van der Waals surface area contributed by atoms with E-state index in [1.807, 2.05) is 36.1 Å². The number of ether oxygens (including phenoxy) is 1. The third kappa shape index (κ3) is 4.76. The highest BCUT2D eigenvalue weighted by molar-refractivity contribution is 7.89. The fourth-order valence-electron chi connectivity index (χ4n) is 4.04. The predicted molar refractivity (Wildman–Crippen MR) is 116 cm³/mol. The number of morpholine rings is 1. The van der Waals surface area contributed by atoms with Crippen molar-refractivity contribution < 1.29 is 13.2 Å². The number of sulfonamides is 1. The van der Waals surface area contributed by atoms with Gasteiger partial charge in [0.1, 0.15) is 0 Å². The van der Waals surface area contributed by atoms with E-state index in [1.165, 1.54) is 4.31 Å². The minimum absolute atomic E-state index is 0.335. The van der Waals surface area contributed by atoms with Gasteiger partial charge in [-0.1, -0.05) is 12.1 Å². The van der Waals surface area contributed by atoms with E-state index in [1.54, 1.807) is 6.07 Å². The van der Waals surface area contributed by atoms with Gasteiger partial charge in [-0.3, -0.25) is 4.68 Å². The van der Waals surface area contributed by atoms with Crippen LogP contribution in [-0.4, -0.2) is 79.4 Å². The molecule has 0 spiro atoms. The maximum absolute atomic E-state index is 13.1. The van der Waals surface area contributed by atoms with Crippen molar-refractivity contribution in [3.8, 4) is 11.1 Å². The van der Waals surface area contributed by atoms with E-state index in [2.05, 4.69) is 10.00 Å². The number of likely N-dealkylation sites (tertiary alicyclic amines) is 1. The molecule has 2 fully saturated rings. The van der Waals surface area contributed by atoms with Crippen molar-refractivity contribution >= 4 is 10.0 Å². The topological polar surface area (TPSA) is 93.7 Å². The van der Waals surface area contributed by atoms with Crippen LogP contribution in [0.25, 0.3) is 11.1 Å². The van der Waals surface area contributed by atoms with Crippen LogP contribution in [0.1, 0.15) is 18.4 Å². The molecule has 8 nitrogen and oxygen atoms in total. The Bertz CT molecular complexity index is 961. The second-order valence-electron chi connectivity index (χ2n) is 8.17. The summed E-state index contributed by atoms with van der Waals surface area (Å²) in [5, 5.41) is 4.48. The highest BCUT2D eigenvalue weighted by atomic mass is 32.2. The smallest absolute Gasteiger partial charge is 0.243 e. The average Bonchev–Trinajstić information content (AvgIpc) is 3.23. The van der Waals surface area contributed by atoms with E-state index in [4.69, 9.17) is 10.5 Å². The number of piperidine rings is 1. The Morgan fingerprint density at radius 1 is 1.10 bits per heavy atom. The molecule has 30 heavy (non-hydrogen) atoms. The zero-order valence-electron chi connectivity index (χ0n) is 17.5. The third-order valence-electron chi connectivity index (χ3n) is 6.02. The second kappa shape index (κ2) is 9.15. The number of nitrogens with two attached hydrogens (primary N) is 1. The fourth-order valence-corrected chi connectivity index (χ4v) is 5.70. The zero-order valence-corrected chi connectivity index (χ0v) is 18.4. The maximum Gasteiger partial charge on any atom is 0.243 e. The molecule has 0 bridgehead atoms. The van der Waals surface area contributed by atoms with Gasteiger partial charge in [0.25, 0.3) is 0 Å². The Kier molecular flexibility index (Phi) is 6.54. The lowest BCUT2D eigenvalue weighted by molar-refractivity contribution is 0.0730. The molecule has 0 amide bonds. The van der Waals surface area contributed by atoms with E-state index in [0.717, 1.165) is 55.7 Å². The summed E-state index contributed by atoms with van der Waals surface area (Å²) < 4.78 is 35.0. The molecule has 2 aliphatic heterocycles. The molecule has 0 atom stereocenters. The second-order valence-corrected chi connectivity index (χ2v) is 10.1. The first-order valence-electron chi connectivity index (χ1n) is 10.6. The van der Waals surface area contributed by atoms with Crippen LogP contribution in [0.5, 0.6) is 0 Å². The summed E-state index contributed by atoms with van der Waals surface area (Å²) >= 11 is 0. The molecule has 164 valence electrons. The van der Waals surface area contributed by atoms with Crippen molar-refractivity contribution in [3.05, 3.63) is 36.2 Å². The molecule has 0 unspecified atom stereocenters. The molecule has 1 aromatic heterocycles. The van der Waals surface area contributed by atoms with E-state index >= 15 is 0 Å². The highest BCUT2D eigenvalue weighted by Gasteiger charge is 2.28. The summed E-state index contributed by atoms with van der Waals surface area (Å²) in [7, 11) is -3.54. The van der Waals surface area contributed by atoms with Crippen LogP contribution < -0.4 is 5.73 Å². The van der Waals surface area contributed by atoms with Gasteiger partial charge in [0.15, 0.2) is 0 Å². The quantitative estimate of drug-likeness (QED) is 0.738. The van der Waals surface area contributed by atoms with Crippen LogP contribution in [0, 0.1) is 6.92 Å². The van der Waals surface area contributed by atoms with Crippen molar-refractivity contribution in [2.75, 3.05) is 45.9 Å². The van der Waals surface area contributed by atoms with E-state index in [-0.39, 0.29) is 0 Å². The molecule has 0 aliphatic carbocycles. The van der Waals surface area contributed by atoms with E-state index < -0.39 is 10.0 Å². The summed E-state index contributed by atoms with van der Waals surface area (Å²) in [5.41, 5.74) is 8.52. The summed E-state index contributed by atoms with van der Waals surface area (Å²) in [6.45, 7) is 7.33. The monoisotopic (exact) mass is 433 g/mol. The molecule has 0 radical (unpaired) electrons. The molecule has 4 rings (SSSR count). The Morgan fingerprint density at radius 2 is 1.83 bits per heavy atom. The molecular formula is C21H31N5O3S. The summed E-state index contributed by atoms with van der Waals surface area (Å²) in [5.74, 6) is 0. The molecule has 2 aliphatic rings. The van der Waals surface area contributed by atoms with Crippen molar-refractivity contribution in [3.63, 3.8) is 0 Å². The van der Waals surface area contributed by atoms with Crippen LogP contribution in [0.2, 0.25) is 0 Å². The van der Waals surface area contributed by atoms with Gasteiger partial charge in [-0.15, -0.1) is 0 Å². The Hall–Kier alpha value is -1.78. The van der Waals surface area contributed by atoms with Crippen LogP contribution in [0.15, 0.2) is 35.5 Å². The molecule has 2 saturated heterocycles. The lowest BCUT2D eigenvalue weighted by Crippen LogP contribution is -2.40. The van der Waals surface area contributed by atoms with Crippen LogP contribution in [0.4, 0.5) is 0 Å². The van der Waals surface area contributed by atoms with Gasteiger partial charge in [-0.05, 0) is 50.0 Å². The molecule has 9 heteroatoms. The molecule has 0 saturated carbocycles.